The number of carbonyl (C=O) groups excluding carboxylic acids is 1. The Balaban J connectivity index is 2.18. The summed E-state index contributed by atoms with van der Waals surface area (Å²) in [6, 6.07) is 11.1. The van der Waals surface area contributed by atoms with E-state index in [1.165, 1.54) is 7.11 Å². The molecule has 0 heterocycles. The molecule has 0 unspecified atom stereocenters. The third kappa shape index (κ3) is 4.74. The number of benzene rings is 2. The zero-order valence-electron chi connectivity index (χ0n) is 14.2. The van der Waals surface area contributed by atoms with Crippen LogP contribution in [0.1, 0.15) is 35.3 Å². The molecule has 0 aromatic heterocycles. The van der Waals surface area contributed by atoms with E-state index in [0.717, 1.165) is 11.8 Å². The molecule has 0 fully saturated rings. The third-order valence-electron chi connectivity index (χ3n) is 3.84. The lowest BCUT2D eigenvalue weighted by atomic mass is 10.0. The van der Waals surface area contributed by atoms with Crippen LogP contribution in [0.3, 0.4) is 0 Å². The highest BCUT2D eigenvalue weighted by Crippen LogP contribution is 2.26. The zero-order valence-corrected chi connectivity index (χ0v) is 15.8. The Kier molecular flexibility index (Phi) is 6.08. The number of carbonyl (C=O) groups is 1. The molecule has 2 aromatic rings. The van der Waals surface area contributed by atoms with Crippen molar-refractivity contribution in [2.45, 2.75) is 24.3 Å². The summed E-state index contributed by atoms with van der Waals surface area (Å²) in [6.07, 6.45) is 1.82. The first kappa shape index (κ1) is 19.3. The van der Waals surface area contributed by atoms with Crippen LogP contribution in [0.5, 0.6) is 5.75 Å². The minimum Gasteiger partial charge on any atom is -0.495 e. The Hall–Kier alpha value is -2.05. The summed E-state index contributed by atoms with van der Waals surface area (Å²) >= 11 is 6.06. The third-order valence-corrected chi connectivity index (χ3v) is 5.26. The lowest BCUT2D eigenvalue weighted by Crippen LogP contribution is -2.28. The minimum absolute atomic E-state index is 0.234. The number of rotatable bonds is 6. The Morgan fingerprint density at radius 2 is 1.84 bits per heavy atom. The molecule has 0 aliphatic rings. The van der Waals surface area contributed by atoms with Gasteiger partial charge in [-0.25, -0.2) is 8.42 Å². The zero-order chi connectivity index (χ0) is 18.6. The van der Waals surface area contributed by atoms with E-state index in [4.69, 9.17) is 16.3 Å². The normalized spacial score (nSPS) is 12.5. The Bertz CT molecular complexity index is 863. The van der Waals surface area contributed by atoms with Crippen molar-refractivity contribution in [3.8, 4) is 5.75 Å². The Labute approximate surface area is 152 Å². The van der Waals surface area contributed by atoms with Crippen molar-refractivity contribution < 1.29 is 17.9 Å². The van der Waals surface area contributed by atoms with Gasteiger partial charge in [-0.3, -0.25) is 4.79 Å². The maximum Gasteiger partial charge on any atom is 0.251 e. The van der Waals surface area contributed by atoms with Gasteiger partial charge in [-0.2, -0.15) is 0 Å². The van der Waals surface area contributed by atoms with Crippen LogP contribution in [0, 0.1) is 0 Å². The molecule has 0 aliphatic heterocycles. The molecule has 1 atom stereocenters. The molecule has 0 saturated heterocycles. The van der Waals surface area contributed by atoms with Crippen molar-refractivity contribution in [2.24, 2.45) is 0 Å². The molecule has 5 nitrogen and oxygen atoms in total. The van der Waals surface area contributed by atoms with Crippen LogP contribution < -0.4 is 10.1 Å². The number of amides is 1. The number of nitrogens with one attached hydrogen (secondary N) is 1. The number of hydrogen-bond donors (Lipinski definition) is 1. The van der Waals surface area contributed by atoms with Crippen LogP contribution in [0.4, 0.5) is 0 Å². The fraction of sp³-hybridized carbons (Fsp3) is 0.278. The lowest BCUT2D eigenvalue weighted by molar-refractivity contribution is 0.0935. The first-order chi connectivity index (χ1) is 11.8. The van der Waals surface area contributed by atoms with E-state index in [1.54, 1.807) is 42.5 Å². The van der Waals surface area contributed by atoms with E-state index >= 15 is 0 Å². The van der Waals surface area contributed by atoms with Gasteiger partial charge in [-0.15, -0.1) is 0 Å². The van der Waals surface area contributed by atoms with E-state index in [2.05, 4.69) is 5.32 Å². The highest BCUT2D eigenvalue weighted by atomic mass is 35.5. The standard InChI is InChI=1S/C18H20ClNO4S/c1-4-16(12-5-8-14(9-6-12)25(3,22)23)20-18(21)13-7-10-17(24-2)15(19)11-13/h5-11,16H,4H2,1-3H3,(H,20,21)/t16-/m0/s1. The Morgan fingerprint density at radius 1 is 1.20 bits per heavy atom. The number of halogens is 1. The second-order valence-electron chi connectivity index (χ2n) is 5.62. The summed E-state index contributed by atoms with van der Waals surface area (Å²) in [5.74, 6) is 0.241. The van der Waals surface area contributed by atoms with E-state index in [-0.39, 0.29) is 16.8 Å². The van der Waals surface area contributed by atoms with E-state index in [1.807, 2.05) is 6.92 Å². The summed E-state index contributed by atoms with van der Waals surface area (Å²) < 4.78 is 28.2. The average Bonchev–Trinajstić information content (AvgIpc) is 2.58. The summed E-state index contributed by atoms with van der Waals surface area (Å²) in [6.45, 7) is 1.94. The van der Waals surface area contributed by atoms with Gasteiger partial charge in [-0.1, -0.05) is 30.7 Å². The second kappa shape index (κ2) is 7.89. The van der Waals surface area contributed by atoms with Crippen molar-refractivity contribution in [3.05, 3.63) is 58.6 Å². The summed E-state index contributed by atoms with van der Waals surface area (Å²) in [5, 5.41) is 3.30. The molecule has 25 heavy (non-hydrogen) atoms. The topological polar surface area (TPSA) is 72.5 Å². The van der Waals surface area contributed by atoms with Crippen LogP contribution in [0.15, 0.2) is 47.4 Å². The summed E-state index contributed by atoms with van der Waals surface area (Å²) in [7, 11) is -1.74. The molecule has 2 aromatic carbocycles. The molecule has 0 bridgehead atoms. The van der Waals surface area contributed by atoms with Crippen LogP contribution in [-0.2, 0) is 9.84 Å². The molecular weight excluding hydrogens is 362 g/mol. The molecule has 1 N–H and O–H groups in total. The first-order valence-electron chi connectivity index (χ1n) is 7.70. The first-order valence-corrected chi connectivity index (χ1v) is 9.97. The summed E-state index contributed by atoms with van der Waals surface area (Å²) in [5.41, 5.74) is 1.26. The van der Waals surface area contributed by atoms with Gasteiger partial charge in [0.05, 0.1) is 23.1 Å². The van der Waals surface area contributed by atoms with Gasteiger partial charge in [0, 0.05) is 11.8 Å². The van der Waals surface area contributed by atoms with E-state index < -0.39 is 9.84 Å². The van der Waals surface area contributed by atoms with Crippen LogP contribution in [0.25, 0.3) is 0 Å². The number of methoxy groups -OCH3 is 1. The average molecular weight is 382 g/mol. The summed E-state index contributed by atoms with van der Waals surface area (Å²) in [4.78, 5) is 12.7. The second-order valence-corrected chi connectivity index (χ2v) is 8.05. The largest absolute Gasteiger partial charge is 0.495 e. The quantitative estimate of drug-likeness (QED) is 0.829. The predicted octanol–water partition coefficient (Wildman–Crippen LogP) is 3.63. The highest BCUT2D eigenvalue weighted by molar-refractivity contribution is 7.90. The maximum atomic E-state index is 12.5. The monoisotopic (exact) mass is 381 g/mol. The predicted molar refractivity (Wildman–Crippen MR) is 98.1 cm³/mol. The van der Waals surface area contributed by atoms with Gasteiger partial charge >= 0.3 is 0 Å². The van der Waals surface area contributed by atoms with Gasteiger partial charge in [-0.05, 0) is 42.3 Å². The minimum atomic E-state index is -3.24. The number of ether oxygens (including phenoxy) is 1. The van der Waals surface area contributed by atoms with E-state index in [0.29, 0.717) is 22.8 Å². The molecule has 7 heteroatoms. The number of sulfone groups is 1. The molecule has 0 saturated carbocycles. The van der Waals surface area contributed by atoms with Gasteiger partial charge in [0.15, 0.2) is 9.84 Å². The van der Waals surface area contributed by atoms with Gasteiger partial charge in [0.1, 0.15) is 5.75 Å². The maximum absolute atomic E-state index is 12.5. The van der Waals surface area contributed by atoms with Crippen LogP contribution in [0.2, 0.25) is 5.02 Å². The molecule has 1 amide bonds. The van der Waals surface area contributed by atoms with E-state index in [9.17, 15) is 13.2 Å². The van der Waals surface area contributed by atoms with Crippen molar-refractivity contribution in [1.29, 1.82) is 0 Å². The molecule has 0 spiro atoms. The fourth-order valence-electron chi connectivity index (χ4n) is 2.42. The fourth-order valence-corrected chi connectivity index (χ4v) is 3.31. The van der Waals surface area contributed by atoms with Crippen LogP contribution >= 0.6 is 11.6 Å². The Morgan fingerprint density at radius 3 is 2.32 bits per heavy atom. The van der Waals surface area contributed by atoms with Gasteiger partial charge < -0.3 is 10.1 Å². The molecule has 2 rings (SSSR count). The van der Waals surface area contributed by atoms with Crippen molar-refractivity contribution in [1.82, 2.24) is 5.32 Å². The van der Waals surface area contributed by atoms with Gasteiger partial charge in [0.25, 0.3) is 5.91 Å². The highest BCUT2D eigenvalue weighted by Gasteiger charge is 2.16. The smallest absolute Gasteiger partial charge is 0.251 e. The molecule has 0 radical (unpaired) electrons. The SMILES string of the molecule is CC[C@H](NC(=O)c1ccc(OC)c(Cl)c1)c1ccc(S(C)(=O)=O)cc1. The van der Waals surface area contributed by atoms with Crippen molar-refractivity contribution >= 4 is 27.3 Å². The number of hydrogen-bond acceptors (Lipinski definition) is 4. The lowest BCUT2D eigenvalue weighted by Gasteiger charge is -2.18. The molecular formula is C18H20ClNO4S. The molecule has 134 valence electrons. The van der Waals surface area contributed by atoms with Crippen LogP contribution in [-0.4, -0.2) is 27.7 Å². The van der Waals surface area contributed by atoms with Crippen molar-refractivity contribution in [2.75, 3.05) is 13.4 Å². The van der Waals surface area contributed by atoms with Gasteiger partial charge in [0.2, 0.25) is 0 Å². The molecule has 0 aliphatic carbocycles. The van der Waals surface area contributed by atoms with Crippen molar-refractivity contribution in [3.63, 3.8) is 0 Å².